The van der Waals surface area contributed by atoms with Crippen LogP contribution < -0.4 is 4.74 Å². The highest BCUT2D eigenvalue weighted by Gasteiger charge is 2.05. The molecule has 18 heavy (non-hydrogen) atoms. The number of nitrogens with zero attached hydrogens (tertiary/aromatic N) is 1. The minimum Gasteiger partial charge on any atom is -0.492 e. The van der Waals surface area contributed by atoms with Crippen LogP contribution in [-0.4, -0.2) is 17.0 Å². The van der Waals surface area contributed by atoms with Crippen LogP contribution in [0.25, 0.3) is 0 Å². The first kappa shape index (κ1) is 12.9. The van der Waals surface area contributed by atoms with Crippen LogP contribution in [0.3, 0.4) is 0 Å². The molecule has 2 rings (SSSR count). The summed E-state index contributed by atoms with van der Waals surface area (Å²) in [7, 11) is 0. The third-order valence-electron chi connectivity index (χ3n) is 2.59. The van der Waals surface area contributed by atoms with Crippen molar-refractivity contribution in [2.24, 2.45) is 0 Å². The van der Waals surface area contributed by atoms with E-state index in [1.807, 2.05) is 47.2 Å². The summed E-state index contributed by atoms with van der Waals surface area (Å²) in [6.45, 7) is 2.76. The van der Waals surface area contributed by atoms with Crippen LogP contribution >= 0.6 is 15.9 Å². The molecular formula is C14H14BrNO2. The lowest BCUT2D eigenvalue weighted by atomic mass is 10.3. The average molecular weight is 308 g/mol. The number of ether oxygens (including phenoxy) is 1. The smallest absolute Gasteiger partial charge is 0.176 e. The summed E-state index contributed by atoms with van der Waals surface area (Å²) in [5.41, 5.74) is 0.716. The Hall–Kier alpha value is -1.55. The van der Waals surface area contributed by atoms with Crippen molar-refractivity contribution in [2.45, 2.75) is 13.5 Å². The average Bonchev–Trinajstić information content (AvgIpc) is 2.77. The molecular weight excluding hydrogens is 294 g/mol. The van der Waals surface area contributed by atoms with E-state index in [0.717, 1.165) is 10.2 Å². The van der Waals surface area contributed by atoms with Crippen molar-refractivity contribution < 1.29 is 9.53 Å². The topological polar surface area (TPSA) is 31.2 Å². The molecule has 1 heterocycles. The molecule has 0 aliphatic heterocycles. The molecule has 0 aliphatic rings. The number of hydrogen-bond acceptors (Lipinski definition) is 2. The number of rotatable bonds is 5. The van der Waals surface area contributed by atoms with Gasteiger partial charge in [-0.15, -0.1) is 0 Å². The van der Waals surface area contributed by atoms with Gasteiger partial charge < -0.3 is 9.30 Å². The molecule has 0 unspecified atom stereocenters. The summed E-state index contributed by atoms with van der Waals surface area (Å²) >= 11 is 3.39. The molecule has 0 radical (unpaired) electrons. The van der Waals surface area contributed by atoms with Crippen LogP contribution in [0.15, 0.2) is 47.1 Å². The number of ketones is 1. The standard InChI is InChI=1S/C14H14BrNO2/c1-11(17)14-6-3-7-16(14)8-9-18-13-5-2-4-12(15)10-13/h2-7,10H,8-9H2,1H3. The fourth-order valence-corrected chi connectivity index (χ4v) is 2.13. The zero-order valence-electron chi connectivity index (χ0n) is 10.1. The van der Waals surface area contributed by atoms with Crippen molar-refractivity contribution in [1.82, 2.24) is 4.57 Å². The van der Waals surface area contributed by atoms with E-state index < -0.39 is 0 Å². The second-order valence-corrected chi connectivity index (χ2v) is 4.86. The van der Waals surface area contributed by atoms with Crippen LogP contribution in [-0.2, 0) is 6.54 Å². The highest BCUT2D eigenvalue weighted by molar-refractivity contribution is 9.10. The molecule has 0 N–H and O–H groups in total. The molecule has 1 aromatic heterocycles. The highest BCUT2D eigenvalue weighted by Crippen LogP contribution is 2.17. The fraction of sp³-hybridized carbons (Fsp3) is 0.214. The van der Waals surface area contributed by atoms with Crippen LogP contribution in [0.1, 0.15) is 17.4 Å². The molecule has 0 amide bonds. The lowest BCUT2D eigenvalue weighted by Gasteiger charge is -2.09. The van der Waals surface area contributed by atoms with Crippen LogP contribution in [0.4, 0.5) is 0 Å². The summed E-state index contributed by atoms with van der Waals surface area (Å²) in [5, 5.41) is 0. The number of carbonyl (C=O) groups excluding carboxylic acids is 1. The molecule has 4 heteroatoms. The predicted octanol–water partition coefficient (Wildman–Crippen LogP) is 3.53. The van der Waals surface area contributed by atoms with Crippen molar-refractivity contribution in [2.75, 3.05) is 6.61 Å². The molecule has 0 atom stereocenters. The molecule has 2 aromatic rings. The molecule has 0 aliphatic carbocycles. The van der Waals surface area contributed by atoms with Gasteiger partial charge in [0.05, 0.1) is 12.2 Å². The van der Waals surface area contributed by atoms with Crippen LogP contribution in [0, 0.1) is 0 Å². The van der Waals surface area contributed by atoms with Gasteiger partial charge in [-0.3, -0.25) is 4.79 Å². The van der Waals surface area contributed by atoms with E-state index >= 15 is 0 Å². The Morgan fingerprint density at radius 3 is 2.89 bits per heavy atom. The quantitative estimate of drug-likeness (QED) is 0.791. The first-order valence-corrected chi connectivity index (χ1v) is 6.50. The molecule has 0 spiro atoms. The number of carbonyl (C=O) groups is 1. The first-order chi connectivity index (χ1) is 8.66. The summed E-state index contributed by atoms with van der Waals surface area (Å²) < 4.78 is 8.53. The van der Waals surface area contributed by atoms with E-state index in [0.29, 0.717) is 18.8 Å². The number of aromatic nitrogens is 1. The third-order valence-corrected chi connectivity index (χ3v) is 3.08. The summed E-state index contributed by atoms with van der Waals surface area (Å²) in [6.07, 6.45) is 1.89. The van der Waals surface area contributed by atoms with Gasteiger partial charge >= 0.3 is 0 Å². The van der Waals surface area contributed by atoms with Gasteiger partial charge in [0.2, 0.25) is 0 Å². The Balaban J connectivity index is 1.92. The van der Waals surface area contributed by atoms with Crippen LogP contribution in [0.2, 0.25) is 0 Å². The van der Waals surface area contributed by atoms with Crippen molar-refractivity contribution in [3.8, 4) is 5.75 Å². The van der Waals surface area contributed by atoms with Gasteiger partial charge in [-0.1, -0.05) is 22.0 Å². The van der Waals surface area contributed by atoms with Crippen molar-refractivity contribution in [3.63, 3.8) is 0 Å². The van der Waals surface area contributed by atoms with E-state index in [1.165, 1.54) is 0 Å². The molecule has 0 saturated heterocycles. The molecule has 0 saturated carbocycles. The van der Waals surface area contributed by atoms with E-state index in [1.54, 1.807) is 6.92 Å². The zero-order valence-corrected chi connectivity index (χ0v) is 11.7. The Morgan fingerprint density at radius 1 is 1.33 bits per heavy atom. The number of Topliss-reactive ketones (excluding diaryl/α,β-unsaturated/α-hetero) is 1. The lowest BCUT2D eigenvalue weighted by molar-refractivity contribution is 0.100. The lowest BCUT2D eigenvalue weighted by Crippen LogP contribution is -2.11. The first-order valence-electron chi connectivity index (χ1n) is 5.71. The van der Waals surface area contributed by atoms with Gasteiger partial charge in [-0.05, 0) is 30.3 Å². The minimum absolute atomic E-state index is 0.0717. The van der Waals surface area contributed by atoms with Gasteiger partial charge in [0, 0.05) is 17.6 Å². The minimum atomic E-state index is 0.0717. The molecule has 0 fully saturated rings. The monoisotopic (exact) mass is 307 g/mol. The van der Waals surface area contributed by atoms with Gasteiger partial charge in [0.15, 0.2) is 5.78 Å². The van der Waals surface area contributed by atoms with E-state index in [4.69, 9.17) is 4.74 Å². The number of benzene rings is 1. The van der Waals surface area contributed by atoms with Gasteiger partial charge in [-0.25, -0.2) is 0 Å². The summed E-state index contributed by atoms with van der Waals surface area (Å²) in [6, 6.07) is 11.4. The van der Waals surface area contributed by atoms with Gasteiger partial charge in [0.25, 0.3) is 0 Å². The van der Waals surface area contributed by atoms with E-state index in [-0.39, 0.29) is 5.78 Å². The maximum atomic E-state index is 11.3. The molecule has 3 nitrogen and oxygen atoms in total. The van der Waals surface area contributed by atoms with Crippen LogP contribution in [0.5, 0.6) is 5.75 Å². The maximum absolute atomic E-state index is 11.3. The third kappa shape index (κ3) is 3.23. The van der Waals surface area contributed by atoms with E-state index in [2.05, 4.69) is 15.9 Å². The second-order valence-electron chi connectivity index (χ2n) is 3.95. The Labute approximate surface area is 115 Å². The normalized spacial score (nSPS) is 10.3. The Bertz CT molecular complexity index is 548. The molecule has 1 aromatic carbocycles. The van der Waals surface area contributed by atoms with Crippen molar-refractivity contribution in [1.29, 1.82) is 0 Å². The predicted molar refractivity (Wildman–Crippen MR) is 74.1 cm³/mol. The second kappa shape index (κ2) is 5.87. The van der Waals surface area contributed by atoms with Gasteiger partial charge in [-0.2, -0.15) is 0 Å². The largest absolute Gasteiger partial charge is 0.492 e. The Kier molecular flexibility index (Phi) is 4.20. The highest BCUT2D eigenvalue weighted by atomic mass is 79.9. The SMILES string of the molecule is CC(=O)c1cccn1CCOc1cccc(Br)c1. The maximum Gasteiger partial charge on any atom is 0.176 e. The number of hydrogen-bond donors (Lipinski definition) is 0. The summed E-state index contributed by atoms with van der Waals surface area (Å²) in [5.74, 6) is 0.892. The van der Waals surface area contributed by atoms with Gasteiger partial charge in [0.1, 0.15) is 12.4 Å². The zero-order chi connectivity index (χ0) is 13.0. The fourth-order valence-electron chi connectivity index (χ4n) is 1.75. The van der Waals surface area contributed by atoms with E-state index in [9.17, 15) is 4.79 Å². The summed E-state index contributed by atoms with van der Waals surface area (Å²) in [4.78, 5) is 11.3. The molecule has 94 valence electrons. The molecule has 0 bridgehead atoms. The van der Waals surface area contributed by atoms with Crippen molar-refractivity contribution in [3.05, 3.63) is 52.8 Å². The van der Waals surface area contributed by atoms with Crippen molar-refractivity contribution >= 4 is 21.7 Å². The Morgan fingerprint density at radius 2 is 2.17 bits per heavy atom. The number of halogens is 1.